The van der Waals surface area contributed by atoms with Crippen LogP contribution in [0.1, 0.15) is 0 Å². The van der Waals surface area contributed by atoms with Crippen LogP contribution in [0.3, 0.4) is 0 Å². The fourth-order valence-electron chi connectivity index (χ4n) is 1.40. The number of halogens is 2. The number of rotatable bonds is 3. The largest absolute Gasteiger partial charge is 0.508 e. The topological polar surface area (TPSA) is 66.4 Å². The molecule has 0 fully saturated rings. The minimum absolute atomic E-state index is 0.0139. The molecule has 0 unspecified atom stereocenters. The molecule has 0 aliphatic rings. The number of anilines is 1. The minimum atomic E-state index is -3.67. The first-order valence-corrected chi connectivity index (χ1v) is 8.09. The van der Waals surface area contributed by atoms with E-state index in [1.54, 1.807) is 18.2 Å². The van der Waals surface area contributed by atoms with Crippen LogP contribution in [0, 0.1) is 3.57 Å². The van der Waals surface area contributed by atoms with Crippen LogP contribution in [-0.4, -0.2) is 13.5 Å². The molecule has 0 aliphatic carbocycles. The van der Waals surface area contributed by atoms with E-state index in [0.717, 1.165) is 0 Å². The molecule has 2 rings (SSSR count). The maximum atomic E-state index is 12.1. The first-order valence-electron chi connectivity index (χ1n) is 5.15. The lowest BCUT2D eigenvalue weighted by molar-refractivity contribution is 0.475. The van der Waals surface area contributed by atoms with Gasteiger partial charge in [0.25, 0.3) is 10.0 Å². The summed E-state index contributed by atoms with van der Waals surface area (Å²) in [5.74, 6) is 0.0139. The highest BCUT2D eigenvalue weighted by molar-refractivity contribution is 14.1. The number of hydrogen-bond donors (Lipinski definition) is 2. The zero-order chi connectivity index (χ0) is 14.0. The summed E-state index contributed by atoms with van der Waals surface area (Å²) in [6, 6.07) is 10.2. The maximum absolute atomic E-state index is 12.1. The van der Waals surface area contributed by atoms with E-state index in [1.165, 1.54) is 24.3 Å². The van der Waals surface area contributed by atoms with Gasteiger partial charge in [-0.2, -0.15) is 0 Å². The third-order valence-corrected chi connectivity index (χ3v) is 4.83. The molecule has 0 aliphatic heterocycles. The summed E-state index contributed by atoms with van der Waals surface area (Å²) in [5, 5.41) is 9.69. The molecule has 19 heavy (non-hydrogen) atoms. The van der Waals surface area contributed by atoms with Gasteiger partial charge in [-0.25, -0.2) is 8.42 Å². The summed E-state index contributed by atoms with van der Waals surface area (Å²) in [5.41, 5.74) is 0.457. The van der Waals surface area contributed by atoms with E-state index < -0.39 is 10.0 Å². The van der Waals surface area contributed by atoms with Crippen molar-refractivity contribution < 1.29 is 13.5 Å². The molecule has 0 radical (unpaired) electrons. The molecule has 0 saturated heterocycles. The number of phenols is 1. The van der Waals surface area contributed by atoms with Crippen LogP contribution >= 0.6 is 34.2 Å². The van der Waals surface area contributed by atoms with Crippen LogP contribution in [0.5, 0.6) is 5.75 Å². The second kappa shape index (κ2) is 5.56. The van der Waals surface area contributed by atoms with Crippen molar-refractivity contribution in [1.82, 2.24) is 0 Å². The second-order valence-electron chi connectivity index (χ2n) is 3.72. The molecule has 0 spiro atoms. The van der Waals surface area contributed by atoms with Gasteiger partial charge in [0.1, 0.15) is 5.75 Å². The number of sulfonamides is 1. The van der Waals surface area contributed by atoms with Crippen molar-refractivity contribution in [2.75, 3.05) is 4.72 Å². The van der Waals surface area contributed by atoms with Crippen molar-refractivity contribution in [3.05, 3.63) is 51.1 Å². The number of aromatic hydroxyl groups is 1. The molecule has 0 saturated carbocycles. The Morgan fingerprint density at radius 1 is 1.11 bits per heavy atom. The van der Waals surface area contributed by atoms with Crippen molar-refractivity contribution in [3.63, 3.8) is 0 Å². The summed E-state index contributed by atoms with van der Waals surface area (Å²) in [6.45, 7) is 0. The van der Waals surface area contributed by atoms with Gasteiger partial charge >= 0.3 is 0 Å². The third kappa shape index (κ3) is 3.52. The Balaban J connectivity index is 2.33. The van der Waals surface area contributed by atoms with E-state index in [-0.39, 0.29) is 10.6 Å². The normalized spacial score (nSPS) is 11.3. The molecule has 2 N–H and O–H groups in total. The van der Waals surface area contributed by atoms with E-state index in [9.17, 15) is 8.42 Å². The van der Waals surface area contributed by atoms with Gasteiger partial charge in [-0.1, -0.05) is 11.6 Å². The average Bonchev–Trinajstić information content (AvgIpc) is 2.33. The van der Waals surface area contributed by atoms with Crippen molar-refractivity contribution in [1.29, 1.82) is 0 Å². The minimum Gasteiger partial charge on any atom is -0.508 e. The smallest absolute Gasteiger partial charge is 0.261 e. The Labute approximate surface area is 129 Å². The van der Waals surface area contributed by atoms with Crippen LogP contribution in [0.15, 0.2) is 47.4 Å². The lowest BCUT2D eigenvalue weighted by atomic mass is 10.3. The molecule has 0 aromatic heterocycles. The van der Waals surface area contributed by atoms with E-state index in [2.05, 4.69) is 4.72 Å². The van der Waals surface area contributed by atoms with Gasteiger partial charge in [-0.3, -0.25) is 4.72 Å². The van der Waals surface area contributed by atoms with Gasteiger partial charge < -0.3 is 5.11 Å². The van der Waals surface area contributed by atoms with E-state index >= 15 is 0 Å². The lowest BCUT2D eigenvalue weighted by Crippen LogP contribution is -2.13. The van der Waals surface area contributed by atoms with Crippen LogP contribution in [0.2, 0.25) is 5.02 Å². The SMILES string of the molecule is O=S(=O)(Nc1ccc(Cl)cc1I)c1ccc(O)cc1. The average molecular weight is 410 g/mol. The number of hydrogen-bond acceptors (Lipinski definition) is 3. The van der Waals surface area contributed by atoms with Gasteiger partial charge in [0.05, 0.1) is 10.6 Å². The van der Waals surface area contributed by atoms with E-state index in [1.807, 2.05) is 22.6 Å². The van der Waals surface area contributed by atoms with Crippen LogP contribution in [0.25, 0.3) is 0 Å². The fourth-order valence-corrected chi connectivity index (χ4v) is 3.67. The van der Waals surface area contributed by atoms with Crippen molar-refractivity contribution >= 4 is 49.9 Å². The highest BCUT2D eigenvalue weighted by Crippen LogP contribution is 2.25. The molecule has 7 heteroatoms. The molecular formula is C12H9ClINO3S. The van der Waals surface area contributed by atoms with Gasteiger partial charge in [-0.05, 0) is 65.1 Å². The summed E-state index contributed by atoms with van der Waals surface area (Å²) >= 11 is 7.81. The third-order valence-electron chi connectivity index (χ3n) is 2.32. The monoisotopic (exact) mass is 409 g/mol. The molecule has 0 atom stereocenters. The van der Waals surface area contributed by atoms with Crippen molar-refractivity contribution in [2.24, 2.45) is 0 Å². The number of phenolic OH excluding ortho intramolecular Hbond substituents is 1. The molecule has 0 bridgehead atoms. The fraction of sp³-hybridized carbons (Fsp3) is 0. The van der Waals surface area contributed by atoms with Gasteiger partial charge in [0.2, 0.25) is 0 Å². The van der Waals surface area contributed by atoms with Crippen molar-refractivity contribution in [2.45, 2.75) is 4.90 Å². The molecule has 2 aromatic rings. The lowest BCUT2D eigenvalue weighted by Gasteiger charge is -2.10. The summed E-state index contributed by atoms with van der Waals surface area (Å²) < 4.78 is 27.4. The second-order valence-corrected chi connectivity index (χ2v) is 7.00. The molecule has 0 heterocycles. The number of nitrogens with one attached hydrogen (secondary N) is 1. The molecule has 0 amide bonds. The van der Waals surface area contributed by atoms with Gasteiger partial charge in [0.15, 0.2) is 0 Å². The highest BCUT2D eigenvalue weighted by atomic mass is 127. The van der Waals surface area contributed by atoms with Crippen LogP contribution in [-0.2, 0) is 10.0 Å². The van der Waals surface area contributed by atoms with Crippen LogP contribution < -0.4 is 4.72 Å². The van der Waals surface area contributed by atoms with Gasteiger partial charge in [0, 0.05) is 8.59 Å². The zero-order valence-electron chi connectivity index (χ0n) is 9.47. The number of benzene rings is 2. The molecule has 2 aromatic carbocycles. The molecule has 100 valence electrons. The standard InChI is InChI=1S/C12H9ClINO3S/c13-8-1-6-12(11(14)7-8)15-19(17,18)10-4-2-9(16)3-5-10/h1-7,15-16H. The highest BCUT2D eigenvalue weighted by Gasteiger charge is 2.15. The van der Waals surface area contributed by atoms with Crippen LogP contribution in [0.4, 0.5) is 5.69 Å². The summed E-state index contributed by atoms with van der Waals surface area (Å²) in [7, 11) is -3.67. The Hall–Kier alpha value is -0.990. The first kappa shape index (κ1) is 14.4. The van der Waals surface area contributed by atoms with E-state index in [4.69, 9.17) is 16.7 Å². The Morgan fingerprint density at radius 2 is 1.74 bits per heavy atom. The van der Waals surface area contributed by atoms with Gasteiger partial charge in [-0.15, -0.1) is 0 Å². The Kier molecular flexibility index (Phi) is 4.22. The Morgan fingerprint density at radius 3 is 2.32 bits per heavy atom. The predicted molar refractivity (Wildman–Crippen MR) is 83.1 cm³/mol. The maximum Gasteiger partial charge on any atom is 0.261 e. The summed E-state index contributed by atoms with van der Waals surface area (Å²) in [4.78, 5) is 0.0797. The van der Waals surface area contributed by atoms with Crippen molar-refractivity contribution in [3.8, 4) is 5.75 Å². The Bertz CT molecular complexity index is 701. The first-order chi connectivity index (χ1) is 8.88. The molecular weight excluding hydrogens is 401 g/mol. The quantitative estimate of drug-likeness (QED) is 0.763. The zero-order valence-corrected chi connectivity index (χ0v) is 13.2. The molecule has 4 nitrogen and oxygen atoms in total. The summed E-state index contributed by atoms with van der Waals surface area (Å²) in [6.07, 6.45) is 0. The predicted octanol–water partition coefficient (Wildman–Crippen LogP) is 3.45. The van der Waals surface area contributed by atoms with E-state index in [0.29, 0.717) is 14.3 Å².